The van der Waals surface area contributed by atoms with Crippen molar-refractivity contribution >= 4 is 21.5 Å². The molecule has 0 fully saturated rings. The van der Waals surface area contributed by atoms with Crippen LogP contribution >= 0.6 is 0 Å². The summed E-state index contributed by atoms with van der Waals surface area (Å²) in [6.07, 6.45) is 2.46. The molecule has 5 heteroatoms. The van der Waals surface area contributed by atoms with Crippen LogP contribution in [0.2, 0.25) is 0 Å². The van der Waals surface area contributed by atoms with Crippen LogP contribution in [0.3, 0.4) is 0 Å². The Bertz CT molecular complexity index is 1200. The van der Waals surface area contributed by atoms with E-state index in [2.05, 4.69) is 4.74 Å². The number of halogens is 4. The van der Waals surface area contributed by atoms with Gasteiger partial charge in [0.05, 0.1) is 0 Å². The van der Waals surface area contributed by atoms with Crippen LogP contribution in [0.5, 0.6) is 5.75 Å². The summed E-state index contributed by atoms with van der Waals surface area (Å²) in [6.45, 7) is -0.843. The van der Waals surface area contributed by atoms with Crippen molar-refractivity contribution in [1.82, 2.24) is 0 Å². The number of alkyl halides is 2. The Kier molecular flexibility index (Phi) is 5.62. The van der Waals surface area contributed by atoms with Gasteiger partial charge in [0.2, 0.25) is 0 Å². The number of rotatable bonds is 6. The van der Waals surface area contributed by atoms with Crippen molar-refractivity contribution in [2.75, 3.05) is 0 Å². The third-order valence-corrected chi connectivity index (χ3v) is 5.31. The molecule has 0 unspecified atom stereocenters. The average Bonchev–Trinajstić information content (AvgIpc) is 2.74. The van der Waals surface area contributed by atoms with Crippen LogP contribution in [0.1, 0.15) is 25.3 Å². The van der Waals surface area contributed by atoms with Crippen molar-refractivity contribution in [3.05, 3.63) is 77.9 Å². The van der Waals surface area contributed by atoms with Gasteiger partial charge in [-0.25, -0.2) is 8.78 Å². The third-order valence-electron chi connectivity index (χ3n) is 5.31. The van der Waals surface area contributed by atoms with E-state index in [9.17, 15) is 17.6 Å². The van der Waals surface area contributed by atoms with Crippen molar-refractivity contribution < 1.29 is 22.3 Å². The zero-order chi connectivity index (χ0) is 21.3. The molecule has 4 rings (SSSR count). The summed E-state index contributed by atoms with van der Waals surface area (Å²) in [7, 11) is 0. The molecule has 0 radical (unpaired) electrons. The van der Waals surface area contributed by atoms with Gasteiger partial charge in [0.1, 0.15) is 17.4 Å². The fourth-order valence-electron chi connectivity index (χ4n) is 3.76. The lowest BCUT2D eigenvalue weighted by atomic mass is 9.95. The second-order valence-corrected chi connectivity index (χ2v) is 7.26. The minimum absolute atomic E-state index is 0.0565. The fraction of sp³-hybridized carbons (Fsp3) is 0.200. The molecule has 0 N–H and O–H groups in total. The maximum Gasteiger partial charge on any atom is 0.387 e. The van der Waals surface area contributed by atoms with Crippen molar-refractivity contribution in [3.8, 4) is 16.9 Å². The lowest BCUT2D eigenvalue weighted by Crippen LogP contribution is -2.01. The molecule has 4 aromatic carbocycles. The first-order valence-corrected chi connectivity index (χ1v) is 9.86. The molecule has 30 heavy (non-hydrogen) atoms. The third kappa shape index (κ3) is 3.84. The monoisotopic (exact) mass is 412 g/mol. The standard InChI is InChI=1S/C25H20F4O/c1-2-3-4-16-7-11-20-19-12-8-17(13-21(19)23(26)14-22(20)24(16)27)15-5-9-18(10-6-15)30-25(28)29/h5-14,25H,2-4H2,1H3. The molecule has 0 saturated heterocycles. The highest BCUT2D eigenvalue weighted by Gasteiger charge is 2.14. The molecule has 0 heterocycles. The molecule has 154 valence electrons. The molecule has 0 aliphatic carbocycles. The highest BCUT2D eigenvalue weighted by Crippen LogP contribution is 2.34. The van der Waals surface area contributed by atoms with Crippen molar-refractivity contribution in [1.29, 1.82) is 0 Å². The van der Waals surface area contributed by atoms with E-state index < -0.39 is 12.4 Å². The zero-order valence-corrected chi connectivity index (χ0v) is 16.4. The van der Waals surface area contributed by atoms with Crippen LogP contribution in [0.25, 0.3) is 32.7 Å². The van der Waals surface area contributed by atoms with Crippen LogP contribution in [-0.2, 0) is 6.42 Å². The largest absolute Gasteiger partial charge is 0.435 e. The van der Waals surface area contributed by atoms with E-state index in [-0.39, 0.29) is 17.0 Å². The SMILES string of the molecule is CCCCc1ccc2c(cc(F)c3cc(-c4ccc(OC(F)F)cc4)ccc32)c1F. The van der Waals surface area contributed by atoms with E-state index in [1.807, 2.05) is 19.1 Å². The Morgan fingerprint density at radius 3 is 2.13 bits per heavy atom. The molecule has 0 aliphatic heterocycles. The van der Waals surface area contributed by atoms with E-state index in [4.69, 9.17) is 0 Å². The summed E-state index contributed by atoms with van der Waals surface area (Å²) in [5.74, 6) is -0.801. The summed E-state index contributed by atoms with van der Waals surface area (Å²) < 4.78 is 58.8. The van der Waals surface area contributed by atoms with Gasteiger partial charge in [-0.2, -0.15) is 8.78 Å². The molecule has 0 aliphatic rings. The average molecular weight is 412 g/mol. The molecule has 0 spiro atoms. The Morgan fingerprint density at radius 2 is 1.43 bits per heavy atom. The Labute approximate surface area is 171 Å². The quantitative estimate of drug-likeness (QED) is 0.231. The van der Waals surface area contributed by atoms with Crippen LogP contribution in [0, 0.1) is 11.6 Å². The summed E-state index contributed by atoms with van der Waals surface area (Å²) in [4.78, 5) is 0. The van der Waals surface area contributed by atoms with Crippen molar-refractivity contribution in [2.24, 2.45) is 0 Å². The van der Waals surface area contributed by atoms with Gasteiger partial charge >= 0.3 is 6.61 Å². The molecule has 4 aromatic rings. The molecule has 0 bridgehead atoms. The lowest BCUT2D eigenvalue weighted by Gasteiger charge is -2.12. The molecule has 0 aromatic heterocycles. The number of hydrogen-bond acceptors (Lipinski definition) is 1. The number of hydrogen-bond donors (Lipinski definition) is 0. The van der Waals surface area contributed by atoms with Gasteiger partial charge in [-0.1, -0.05) is 49.7 Å². The molecule has 0 amide bonds. The Balaban J connectivity index is 1.78. The normalized spacial score (nSPS) is 11.5. The van der Waals surface area contributed by atoms with E-state index in [1.54, 1.807) is 30.3 Å². The van der Waals surface area contributed by atoms with E-state index in [1.165, 1.54) is 18.2 Å². The van der Waals surface area contributed by atoms with Gasteiger partial charge in [0, 0.05) is 10.8 Å². The first-order valence-electron chi connectivity index (χ1n) is 9.86. The minimum Gasteiger partial charge on any atom is -0.435 e. The maximum atomic E-state index is 14.9. The zero-order valence-electron chi connectivity index (χ0n) is 16.4. The Hall–Kier alpha value is -3.08. The van der Waals surface area contributed by atoms with Gasteiger partial charge in [-0.15, -0.1) is 0 Å². The lowest BCUT2D eigenvalue weighted by molar-refractivity contribution is -0.0498. The van der Waals surface area contributed by atoms with Gasteiger partial charge in [-0.05, 0) is 64.6 Å². The first-order chi connectivity index (χ1) is 14.5. The van der Waals surface area contributed by atoms with E-state index in [0.717, 1.165) is 24.0 Å². The topological polar surface area (TPSA) is 9.23 Å². The molecular weight excluding hydrogens is 392 g/mol. The van der Waals surface area contributed by atoms with Gasteiger partial charge < -0.3 is 4.74 Å². The number of fused-ring (bicyclic) bond motifs is 3. The summed E-state index contributed by atoms with van der Waals surface area (Å²) in [5, 5.41) is 1.96. The smallest absolute Gasteiger partial charge is 0.387 e. The molecule has 0 atom stereocenters. The predicted octanol–water partition coefficient (Wildman–Crippen LogP) is 7.88. The maximum absolute atomic E-state index is 14.9. The summed E-state index contributed by atoms with van der Waals surface area (Å²) >= 11 is 0. The number of unbranched alkanes of at least 4 members (excludes halogenated alkanes) is 1. The van der Waals surface area contributed by atoms with E-state index in [0.29, 0.717) is 28.1 Å². The van der Waals surface area contributed by atoms with Crippen molar-refractivity contribution in [3.63, 3.8) is 0 Å². The van der Waals surface area contributed by atoms with Crippen LogP contribution in [0.4, 0.5) is 17.6 Å². The second-order valence-electron chi connectivity index (χ2n) is 7.26. The van der Waals surface area contributed by atoms with Crippen LogP contribution in [-0.4, -0.2) is 6.61 Å². The molecular formula is C25H20F4O. The number of ether oxygens (including phenoxy) is 1. The summed E-state index contributed by atoms with van der Waals surface area (Å²) in [5.41, 5.74) is 2.06. The Morgan fingerprint density at radius 1 is 0.767 bits per heavy atom. The van der Waals surface area contributed by atoms with Crippen LogP contribution < -0.4 is 4.74 Å². The van der Waals surface area contributed by atoms with Gasteiger partial charge in [0.15, 0.2) is 0 Å². The number of benzene rings is 4. The second kappa shape index (κ2) is 8.34. The summed E-state index contributed by atoms with van der Waals surface area (Å²) in [6, 6.07) is 16.3. The minimum atomic E-state index is -2.89. The molecule has 1 nitrogen and oxygen atoms in total. The fourth-order valence-corrected chi connectivity index (χ4v) is 3.76. The highest BCUT2D eigenvalue weighted by molar-refractivity contribution is 6.09. The van der Waals surface area contributed by atoms with Gasteiger partial charge in [-0.3, -0.25) is 0 Å². The first kappa shape index (κ1) is 20.2. The number of aryl methyl sites for hydroxylation is 1. The van der Waals surface area contributed by atoms with Gasteiger partial charge in [0.25, 0.3) is 0 Å². The molecule has 0 saturated carbocycles. The van der Waals surface area contributed by atoms with Crippen LogP contribution in [0.15, 0.2) is 60.7 Å². The van der Waals surface area contributed by atoms with Crippen molar-refractivity contribution in [2.45, 2.75) is 32.8 Å². The predicted molar refractivity (Wildman–Crippen MR) is 112 cm³/mol. The highest BCUT2D eigenvalue weighted by atomic mass is 19.3. The van der Waals surface area contributed by atoms with E-state index >= 15 is 0 Å².